The zero-order chi connectivity index (χ0) is 21.1. The molecule has 150 valence electrons. The molecule has 0 aromatic heterocycles. The Labute approximate surface area is 167 Å². The number of aliphatic hydroxyl groups is 1. The zero-order valence-electron chi connectivity index (χ0n) is 16.2. The van der Waals surface area contributed by atoms with Gasteiger partial charge in [0.2, 0.25) is 11.6 Å². The number of Topliss-reactive ketones (excluding diaryl/α,β-unsaturated/α-hetero) is 2. The van der Waals surface area contributed by atoms with Crippen molar-refractivity contribution >= 4 is 23.3 Å². The van der Waals surface area contributed by atoms with Crippen LogP contribution in [0.2, 0.25) is 0 Å². The molecule has 1 atom stereocenters. The standard InChI is InChI=1S/C22H20O7/c1-27-16-9-8-12(10-17(16)28-2)15(11-18(23)29-3)19-20(24)13-6-4-5-7-14(13)21(25)22(19)26/h4-10,15,24H,11H2,1-3H3. The summed E-state index contributed by atoms with van der Waals surface area (Å²) in [6.07, 6.45) is -0.243. The summed E-state index contributed by atoms with van der Waals surface area (Å²) in [6, 6.07) is 11.2. The van der Waals surface area contributed by atoms with Crippen LogP contribution in [0.1, 0.15) is 33.8 Å². The van der Waals surface area contributed by atoms with Crippen molar-refractivity contribution in [2.24, 2.45) is 0 Å². The molecule has 0 aliphatic heterocycles. The van der Waals surface area contributed by atoms with Crippen LogP contribution < -0.4 is 9.47 Å². The van der Waals surface area contributed by atoms with Crippen LogP contribution in [0.15, 0.2) is 48.0 Å². The van der Waals surface area contributed by atoms with Crippen molar-refractivity contribution in [1.82, 2.24) is 0 Å². The number of hydrogen-bond donors (Lipinski definition) is 1. The van der Waals surface area contributed by atoms with E-state index in [1.807, 2.05) is 0 Å². The van der Waals surface area contributed by atoms with E-state index >= 15 is 0 Å². The Hall–Kier alpha value is -3.61. The van der Waals surface area contributed by atoms with Crippen LogP contribution in [0.3, 0.4) is 0 Å². The molecular weight excluding hydrogens is 376 g/mol. The van der Waals surface area contributed by atoms with Gasteiger partial charge >= 0.3 is 5.97 Å². The minimum absolute atomic E-state index is 0.128. The van der Waals surface area contributed by atoms with Gasteiger partial charge in [0.15, 0.2) is 11.5 Å². The summed E-state index contributed by atoms with van der Waals surface area (Å²) in [4.78, 5) is 37.6. The molecule has 0 fully saturated rings. The van der Waals surface area contributed by atoms with Gasteiger partial charge in [-0.1, -0.05) is 30.3 Å². The molecule has 3 rings (SSSR count). The maximum Gasteiger partial charge on any atom is 0.306 e. The third kappa shape index (κ3) is 3.59. The number of methoxy groups -OCH3 is 3. The summed E-state index contributed by atoms with van der Waals surface area (Å²) < 4.78 is 15.3. The topological polar surface area (TPSA) is 99.1 Å². The Kier molecular flexibility index (Phi) is 5.68. The molecule has 0 radical (unpaired) electrons. The van der Waals surface area contributed by atoms with E-state index in [1.165, 1.54) is 27.4 Å². The van der Waals surface area contributed by atoms with Crippen LogP contribution in [-0.2, 0) is 14.3 Å². The van der Waals surface area contributed by atoms with E-state index in [1.54, 1.807) is 36.4 Å². The van der Waals surface area contributed by atoms with Gasteiger partial charge < -0.3 is 19.3 Å². The average Bonchev–Trinajstić information content (AvgIpc) is 2.76. The molecule has 0 bridgehead atoms. The first-order chi connectivity index (χ1) is 13.9. The second kappa shape index (κ2) is 8.18. The molecule has 2 aromatic carbocycles. The van der Waals surface area contributed by atoms with Gasteiger partial charge in [0.25, 0.3) is 0 Å². The zero-order valence-corrected chi connectivity index (χ0v) is 16.2. The quantitative estimate of drug-likeness (QED) is 0.592. The van der Waals surface area contributed by atoms with Gasteiger partial charge in [-0.15, -0.1) is 0 Å². The lowest BCUT2D eigenvalue weighted by atomic mass is 9.78. The minimum Gasteiger partial charge on any atom is -0.507 e. The third-order valence-electron chi connectivity index (χ3n) is 4.89. The highest BCUT2D eigenvalue weighted by Gasteiger charge is 2.38. The Balaban J connectivity index is 2.21. The summed E-state index contributed by atoms with van der Waals surface area (Å²) in [7, 11) is 4.17. The van der Waals surface area contributed by atoms with Crippen LogP contribution in [0.4, 0.5) is 0 Å². The maximum absolute atomic E-state index is 12.9. The molecule has 1 N–H and O–H groups in total. The Morgan fingerprint density at radius 1 is 0.931 bits per heavy atom. The van der Waals surface area contributed by atoms with Gasteiger partial charge in [0, 0.05) is 17.0 Å². The number of allylic oxidation sites excluding steroid dienone is 1. The van der Waals surface area contributed by atoms with E-state index in [2.05, 4.69) is 0 Å². The van der Waals surface area contributed by atoms with E-state index in [0.29, 0.717) is 17.1 Å². The van der Waals surface area contributed by atoms with E-state index < -0.39 is 23.5 Å². The SMILES string of the molecule is COC(=O)CC(C1=C(O)c2ccccc2C(=O)C1=O)c1ccc(OC)c(OC)c1. The predicted octanol–water partition coefficient (Wildman–Crippen LogP) is 3.09. The molecule has 2 aromatic rings. The highest BCUT2D eigenvalue weighted by atomic mass is 16.5. The van der Waals surface area contributed by atoms with Crippen LogP contribution >= 0.6 is 0 Å². The van der Waals surface area contributed by atoms with Crippen molar-refractivity contribution in [3.05, 3.63) is 64.7 Å². The highest BCUT2D eigenvalue weighted by Crippen LogP contribution is 2.40. The summed E-state index contributed by atoms with van der Waals surface area (Å²) in [5.41, 5.74) is 0.728. The fourth-order valence-corrected chi connectivity index (χ4v) is 3.41. The Morgan fingerprint density at radius 3 is 2.21 bits per heavy atom. The van der Waals surface area contributed by atoms with E-state index in [-0.39, 0.29) is 28.9 Å². The number of fused-ring (bicyclic) bond motifs is 1. The number of ether oxygens (including phenoxy) is 3. The van der Waals surface area contributed by atoms with E-state index in [9.17, 15) is 19.5 Å². The third-order valence-corrected chi connectivity index (χ3v) is 4.89. The minimum atomic E-state index is -0.910. The lowest BCUT2D eigenvalue weighted by molar-refractivity contribution is -0.140. The first-order valence-electron chi connectivity index (χ1n) is 8.83. The van der Waals surface area contributed by atoms with Crippen molar-refractivity contribution < 1.29 is 33.7 Å². The maximum atomic E-state index is 12.9. The monoisotopic (exact) mass is 396 g/mol. The summed E-state index contributed by atoms with van der Waals surface area (Å²) in [5.74, 6) is -2.57. The number of esters is 1. The largest absolute Gasteiger partial charge is 0.507 e. The predicted molar refractivity (Wildman–Crippen MR) is 104 cm³/mol. The van der Waals surface area contributed by atoms with Gasteiger partial charge in [-0.2, -0.15) is 0 Å². The first kappa shape index (κ1) is 20.1. The molecule has 0 saturated carbocycles. The van der Waals surface area contributed by atoms with E-state index in [4.69, 9.17) is 14.2 Å². The highest BCUT2D eigenvalue weighted by molar-refractivity contribution is 6.52. The molecule has 1 unspecified atom stereocenters. The van der Waals surface area contributed by atoms with Crippen molar-refractivity contribution in [2.45, 2.75) is 12.3 Å². The number of carbonyl (C=O) groups excluding carboxylic acids is 3. The fraction of sp³-hybridized carbons (Fsp3) is 0.227. The Bertz CT molecular complexity index is 1020. The first-order valence-corrected chi connectivity index (χ1v) is 8.83. The van der Waals surface area contributed by atoms with Crippen molar-refractivity contribution in [2.75, 3.05) is 21.3 Å². The smallest absolute Gasteiger partial charge is 0.306 e. The molecule has 0 spiro atoms. The van der Waals surface area contributed by atoms with Crippen LogP contribution in [0.25, 0.3) is 5.76 Å². The molecule has 7 heteroatoms. The number of carbonyl (C=O) groups is 3. The number of ketones is 2. The second-order valence-corrected chi connectivity index (χ2v) is 6.41. The molecule has 1 aliphatic carbocycles. The molecule has 7 nitrogen and oxygen atoms in total. The number of hydrogen-bond acceptors (Lipinski definition) is 7. The summed E-state index contributed by atoms with van der Waals surface area (Å²) >= 11 is 0. The lowest BCUT2D eigenvalue weighted by Crippen LogP contribution is -2.28. The van der Waals surface area contributed by atoms with Crippen LogP contribution in [0, 0.1) is 0 Å². The van der Waals surface area contributed by atoms with Gasteiger partial charge in [-0.25, -0.2) is 0 Å². The van der Waals surface area contributed by atoms with Gasteiger partial charge in [0.05, 0.1) is 33.3 Å². The number of benzene rings is 2. The average molecular weight is 396 g/mol. The van der Waals surface area contributed by atoms with Crippen molar-refractivity contribution in [3.8, 4) is 11.5 Å². The molecular formula is C22H20O7. The van der Waals surface area contributed by atoms with Crippen LogP contribution in [0.5, 0.6) is 11.5 Å². The molecule has 1 aliphatic rings. The van der Waals surface area contributed by atoms with E-state index in [0.717, 1.165) is 0 Å². The molecule has 0 amide bonds. The fourth-order valence-electron chi connectivity index (χ4n) is 3.41. The number of rotatable bonds is 6. The second-order valence-electron chi connectivity index (χ2n) is 6.41. The summed E-state index contributed by atoms with van der Waals surface area (Å²) in [5, 5.41) is 10.9. The molecule has 29 heavy (non-hydrogen) atoms. The lowest BCUT2D eigenvalue weighted by Gasteiger charge is -2.25. The van der Waals surface area contributed by atoms with Crippen molar-refractivity contribution in [3.63, 3.8) is 0 Å². The normalized spacial score (nSPS) is 14.3. The van der Waals surface area contributed by atoms with Gasteiger partial charge in [-0.05, 0) is 17.7 Å². The van der Waals surface area contributed by atoms with Crippen LogP contribution in [-0.4, -0.2) is 44.0 Å². The molecule has 0 heterocycles. The molecule has 0 saturated heterocycles. The Morgan fingerprint density at radius 2 is 1.59 bits per heavy atom. The number of aliphatic hydroxyl groups excluding tert-OH is 1. The van der Waals surface area contributed by atoms with Crippen molar-refractivity contribution in [1.29, 1.82) is 0 Å². The van der Waals surface area contributed by atoms with Gasteiger partial charge in [0.1, 0.15) is 5.76 Å². The summed E-state index contributed by atoms with van der Waals surface area (Å²) in [6.45, 7) is 0. The van der Waals surface area contributed by atoms with Gasteiger partial charge in [-0.3, -0.25) is 14.4 Å².